The molecule has 2 nitrogen and oxygen atoms in total. The van der Waals surface area contributed by atoms with Crippen molar-refractivity contribution < 1.29 is 0 Å². The number of nitrogens with zero attached hydrogens (tertiary/aromatic N) is 1. The van der Waals surface area contributed by atoms with Gasteiger partial charge in [0.05, 0.1) is 5.70 Å². The summed E-state index contributed by atoms with van der Waals surface area (Å²) in [4.78, 5) is 4.85. The van der Waals surface area contributed by atoms with Crippen LogP contribution < -0.4 is 5.32 Å². The lowest BCUT2D eigenvalue weighted by Gasteiger charge is -2.31. The fourth-order valence-electron chi connectivity index (χ4n) is 2.52. The first-order chi connectivity index (χ1) is 10.2. The van der Waals surface area contributed by atoms with Crippen molar-refractivity contribution >= 4 is 11.8 Å². The van der Waals surface area contributed by atoms with E-state index in [4.69, 9.17) is 0 Å². The first kappa shape index (κ1) is 15.9. The van der Waals surface area contributed by atoms with Gasteiger partial charge in [0.1, 0.15) is 0 Å². The molecule has 112 valence electrons. The zero-order chi connectivity index (χ0) is 15.2. The molecule has 1 aromatic carbocycles. The van der Waals surface area contributed by atoms with E-state index in [0.29, 0.717) is 0 Å². The Morgan fingerprint density at radius 1 is 1.19 bits per heavy atom. The summed E-state index contributed by atoms with van der Waals surface area (Å²) in [6.45, 7) is 16.4. The topological polar surface area (TPSA) is 15.3 Å². The van der Waals surface area contributed by atoms with Crippen LogP contribution in [0.5, 0.6) is 0 Å². The van der Waals surface area contributed by atoms with E-state index >= 15 is 0 Å². The molecule has 2 rings (SSSR count). The average molecular weight is 300 g/mol. The maximum Gasteiger partial charge on any atom is 0.0502 e. The first-order valence-corrected chi connectivity index (χ1v) is 8.17. The Balaban J connectivity index is 2.28. The third-order valence-electron chi connectivity index (χ3n) is 3.64. The number of allylic oxidation sites excluding steroid dienone is 2. The van der Waals surface area contributed by atoms with Crippen LogP contribution in [-0.4, -0.2) is 31.1 Å². The minimum Gasteiger partial charge on any atom is -0.368 e. The highest BCUT2D eigenvalue weighted by molar-refractivity contribution is 8.03. The van der Waals surface area contributed by atoms with Crippen molar-refractivity contribution in [1.82, 2.24) is 10.2 Å². The monoisotopic (exact) mass is 300 g/mol. The molecular formula is C18H24N2S. The van der Waals surface area contributed by atoms with E-state index in [1.54, 1.807) is 11.8 Å². The standard InChI is InChI=1S/C18H24N2S/c1-5-16(20-11-9-19-10-12-20)17(6-2)21-18-8-7-14(3)13-15(18)4/h5-8,13,19H,1-2,9-12H2,3-4H3/b17-16-. The van der Waals surface area contributed by atoms with Crippen molar-refractivity contribution in [3.63, 3.8) is 0 Å². The third kappa shape index (κ3) is 4.02. The highest BCUT2D eigenvalue weighted by Gasteiger charge is 2.15. The number of nitrogens with one attached hydrogen (secondary N) is 1. The number of thioether (sulfide) groups is 1. The molecule has 0 bridgehead atoms. The molecule has 0 amide bonds. The zero-order valence-electron chi connectivity index (χ0n) is 13.0. The molecular weight excluding hydrogens is 276 g/mol. The lowest BCUT2D eigenvalue weighted by Crippen LogP contribution is -2.42. The molecule has 1 N–H and O–H groups in total. The molecule has 0 saturated carbocycles. The smallest absolute Gasteiger partial charge is 0.0502 e. The van der Waals surface area contributed by atoms with Gasteiger partial charge in [-0.1, -0.05) is 48.7 Å². The molecule has 1 fully saturated rings. The zero-order valence-corrected chi connectivity index (χ0v) is 13.8. The van der Waals surface area contributed by atoms with Gasteiger partial charge in [-0.15, -0.1) is 0 Å². The van der Waals surface area contributed by atoms with Crippen LogP contribution in [0.1, 0.15) is 11.1 Å². The third-order valence-corrected chi connectivity index (χ3v) is 4.91. The van der Waals surface area contributed by atoms with Crippen molar-refractivity contribution in [2.75, 3.05) is 26.2 Å². The highest BCUT2D eigenvalue weighted by atomic mass is 32.2. The predicted octanol–water partition coefficient (Wildman–Crippen LogP) is 3.88. The summed E-state index contributed by atoms with van der Waals surface area (Å²) in [5.41, 5.74) is 3.80. The second kappa shape index (κ2) is 7.53. The second-order valence-corrected chi connectivity index (χ2v) is 6.35. The highest BCUT2D eigenvalue weighted by Crippen LogP contribution is 2.33. The van der Waals surface area contributed by atoms with Gasteiger partial charge in [0, 0.05) is 36.0 Å². The molecule has 0 radical (unpaired) electrons. The van der Waals surface area contributed by atoms with Crippen molar-refractivity contribution in [3.05, 3.63) is 65.2 Å². The number of benzene rings is 1. The fourth-order valence-corrected chi connectivity index (χ4v) is 3.52. The van der Waals surface area contributed by atoms with Gasteiger partial charge in [-0.3, -0.25) is 0 Å². The summed E-state index contributed by atoms with van der Waals surface area (Å²) in [5.74, 6) is 0. The molecule has 1 aliphatic rings. The van der Waals surface area contributed by atoms with Gasteiger partial charge in [0.15, 0.2) is 0 Å². The van der Waals surface area contributed by atoms with Crippen molar-refractivity contribution in [2.45, 2.75) is 18.7 Å². The maximum absolute atomic E-state index is 4.00. The van der Waals surface area contributed by atoms with Gasteiger partial charge in [0.2, 0.25) is 0 Å². The Bertz CT molecular complexity index is 554. The van der Waals surface area contributed by atoms with Gasteiger partial charge < -0.3 is 10.2 Å². The average Bonchev–Trinajstić information content (AvgIpc) is 2.50. The van der Waals surface area contributed by atoms with Crippen LogP contribution in [0.3, 0.4) is 0 Å². The fraction of sp³-hybridized carbons (Fsp3) is 0.333. The summed E-state index contributed by atoms with van der Waals surface area (Å²) < 4.78 is 0. The first-order valence-electron chi connectivity index (χ1n) is 7.35. The van der Waals surface area contributed by atoms with E-state index in [0.717, 1.165) is 26.2 Å². The molecule has 1 aromatic rings. The lowest BCUT2D eigenvalue weighted by atomic mass is 10.2. The van der Waals surface area contributed by atoms with E-state index in [-0.39, 0.29) is 0 Å². The van der Waals surface area contributed by atoms with Crippen LogP contribution in [-0.2, 0) is 0 Å². The SMILES string of the molecule is C=C/C(Sc1ccc(C)cc1C)=C(\C=C)N1CCNCC1. The van der Waals surface area contributed by atoms with Gasteiger partial charge >= 0.3 is 0 Å². The lowest BCUT2D eigenvalue weighted by molar-refractivity contribution is 0.307. The molecule has 0 unspecified atom stereocenters. The Morgan fingerprint density at radius 2 is 1.90 bits per heavy atom. The molecule has 3 heteroatoms. The van der Waals surface area contributed by atoms with Crippen molar-refractivity contribution in [1.29, 1.82) is 0 Å². The summed E-state index contributed by atoms with van der Waals surface area (Å²) in [5, 5.41) is 3.38. The summed E-state index contributed by atoms with van der Waals surface area (Å²) >= 11 is 1.78. The van der Waals surface area contributed by atoms with E-state index in [9.17, 15) is 0 Å². The van der Waals surface area contributed by atoms with Gasteiger partial charge in [-0.05, 0) is 31.6 Å². The Labute approximate surface area is 132 Å². The summed E-state index contributed by atoms with van der Waals surface area (Å²) in [7, 11) is 0. The Kier molecular flexibility index (Phi) is 5.71. The number of aryl methyl sites for hydroxylation is 2. The Morgan fingerprint density at radius 3 is 2.48 bits per heavy atom. The van der Waals surface area contributed by atoms with Crippen LogP contribution in [0.2, 0.25) is 0 Å². The van der Waals surface area contributed by atoms with Crippen LogP contribution in [0, 0.1) is 13.8 Å². The largest absolute Gasteiger partial charge is 0.368 e. The Hall–Kier alpha value is -1.45. The van der Waals surface area contributed by atoms with Crippen LogP contribution >= 0.6 is 11.8 Å². The number of rotatable bonds is 5. The molecule has 0 aromatic heterocycles. The molecule has 0 aliphatic carbocycles. The van der Waals surface area contributed by atoms with Crippen molar-refractivity contribution in [3.8, 4) is 0 Å². The van der Waals surface area contributed by atoms with Gasteiger partial charge in [0.25, 0.3) is 0 Å². The number of hydrogen-bond donors (Lipinski definition) is 1. The number of piperazine rings is 1. The van der Waals surface area contributed by atoms with Crippen molar-refractivity contribution in [2.24, 2.45) is 0 Å². The predicted molar refractivity (Wildman–Crippen MR) is 93.6 cm³/mol. The second-order valence-electron chi connectivity index (χ2n) is 5.27. The molecule has 0 atom stereocenters. The minimum absolute atomic E-state index is 1.02. The van der Waals surface area contributed by atoms with E-state index in [1.165, 1.54) is 26.6 Å². The minimum atomic E-state index is 1.02. The van der Waals surface area contributed by atoms with E-state index in [2.05, 4.69) is 55.4 Å². The molecule has 1 aliphatic heterocycles. The van der Waals surface area contributed by atoms with E-state index < -0.39 is 0 Å². The van der Waals surface area contributed by atoms with Gasteiger partial charge in [-0.25, -0.2) is 0 Å². The van der Waals surface area contributed by atoms with Crippen LogP contribution in [0.15, 0.2) is 59.0 Å². The quantitative estimate of drug-likeness (QED) is 0.656. The van der Waals surface area contributed by atoms with Crippen LogP contribution in [0.25, 0.3) is 0 Å². The summed E-state index contributed by atoms with van der Waals surface area (Å²) in [6.07, 6.45) is 3.90. The van der Waals surface area contributed by atoms with E-state index in [1.807, 2.05) is 12.2 Å². The molecule has 1 saturated heterocycles. The van der Waals surface area contributed by atoms with Crippen LogP contribution in [0.4, 0.5) is 0 Å². The number of hydrogen-bond acceptors (Lipinski definition) is 3. The van der Waals surface area contributed by atoms with Gasteiger partial charge in [-0.2, -0.15) is 0 Å². The molecule has 1 heterocycles. The molecule has 21 heavy (non-hydrogen) atoms. The maximum atomic E-state index is 4.00. The normalized spacial score (nSPS) is 16.4. The molecule has 0 spiro atoms. The summed E-state index contributed by atoms with van der Waals surface area (Å²) in [6, 6.07) is 6.58.